The predicted molar refractivity (Wildman–Crippen MR) is 108 cm³/mol. The molecule has 0 atom stereocenters. The van der Waals surface area contributed by atoms with Crippen molar-refractivity contribution in [2.45, 2.75) is 0 Å². The van der Waals surface area contributed by atoms with Crippen LogP contribution in [0.15, 0.2) is 70.2 Å². The molecule has 0 aliphatic rings. The van der Waals surface area contributed by atoms with Crippen molar-refractivity contribution < 1.29 is 4.79 Å². The number of hydrogen-bond donors (Lipinski definition) is 2. The highest BCUT2D eigenvalue weighted by Crippen LogP contribution is 2.20. The summed E-state index contributed by atoms with van der Waals surface area (Å²) in [6, 6.07) is 18.6. The molecule has 5 nitrogen and oxygen atoms in total. The number of aromatic nitrogens is 2. The zero-order valence-corrected chi connectivity index (χ0v) is 15.8. The third kappa shape index (κ3) is 4.91. The number of amides is 1. The summed E-state index contributed by atoms with van der Waals surface area (Å²) < 4.78 is 0.732. The Morgan fingerprint density at radius 3 is 2.62 bits per heavy atom. The highest BCUT2D eigenvalue weighted by molar-refractivity contribution is 9.12. The van der Waals surface area contributed by atoms with E-state index in [1.807, 2.05) is 48.5 Å². The SMILES string of the molecule is O=C(N/N=C\C(Br)=C\c1ccccc1)c1cc(-c2ccc(Cl)cc2)n[nH]1. The van der Waals surface area contributed by atoms with Crippen LogP contribution in [0.3, 0.4) is 0 Å². The van der Waals surface area contributed by atoms with Crippen LogP contribution in [0.2, 0.25) is 5.02 Å². The quantitative estimate of drug-likeness (QED) is 0.448. The van der Waals surface area contributed by atoms with E-state index in [2.05, 4.69) is 36.7 Å². The maximum absolute atomic E-state index is 12.1. The van der Waals surface area contributed by atoms with E-state index < -0.39 is 0 Å². The van der Waals surface area contributed by atoms with E-state index in [1.54, 1.807) is 18.2 Å². The number of carbonyl (C=O) groups excluding carboxylic acids is 1. The van der Waals surface area contributed by atoms with Crippen LogP contribution in [0.5, 0.6) is 0 Å². The summed E-state index contributed by atoms with van der Waals surface area (Å²) in [6.07, 6.45) is 3.41. The highest BCUT2D eigenvalue weighted by atomic mass is 79.9. The Morgan fingerprint density at radius 1 is 1.15 bits per heavy atom. The number of halogens is 2. The van der Waals surface area contributed by atoms with Crippen molar-refractivity contribution in [3.63, 3.8) is 0 Å². The fraction of sp³-hybridized carbons (Fsp3) is 0. The Morgan fingerprint density at radius 2 is 1.88 bits per heavy atom. The van der Waals surface area contributed by atoms with Gasteiger partial charge in [-0.05, 0) is 45.8 Å². The molecule has 2 aromatic carbocycles. The van der Waals surface area contributed by atoms with Crippen LogP contribution in [0.1, 0.15) is 16.1 Å². The van der Waals surface area contributed by atoms with Crippen LogP contribution >= 0.6 is 27.5 Å². The lowest BCUT2D eigenvalue weighted by molar-refractivity contribution is 0.0950. The molecule has 0 fully saturated rings. The molecule has 0 saturated carbocycles. The van der Waals surface area contributed by atoms with Gasteiger partial charge in [0.2, 0.25) is 0 Å². The van der Waals surface area contributed by atoms with Gasteiger partial charge in [-0.25, -0.2) is 5.43 Å². The standard InChI is InChI=1S/C19H14BrClN4O/c20-15(10-13-4-2-1-3-5-13)12-22-25-19(26)18-11-17(23-24-18)14-6-8-16(21)9-7-14/h1-12H,(H,23,24)(H,25,26)/b15-10-,22-12-. The molecular weight excluding hydrogens is 416 g/mol. The second-order valence-electron chi connectivity index (χ2n) is 5.31. The van der Waals surface area contributed by atoms with Gasteiger partial charge in [-0.15, -0.1) is 0 Å². The molecule has 2 N–H and O–H groups in total. The first-order chi connectivity index (χ1) is 12.6. The number of H-pyrrole nitrogens is 1. The lowest BCUT2D eigenvalue weighted by atomic mass is 10.1. The van der Waals surface area contributed by atoms with Gasteiger partial charge in [0.25, 0.3) is 5.91 Å². The lowest BCUT2D eigenvalue weighted by Crippen LogP contribution is -2.17. The summed E-state index contributed by atoms with van der Waals surface area (Å²) in [4.78, 5) is 12.1. The summed E-state index contributed by atoms with van der Waals surface area (Å²) in [6.45, 7) is 0. The zero-order chi connectivity index (χ0) is 18.4. The lowest BCUT2D eigenvalue weighted by Gasteiger charge is -1.96. The second-order valence-corrected chi connectivity index (χ2v) is 6.66. The molecule has 0 aliphatic carbocycles. The van der Waals surface area contributed by atoms with E-state index >= 15 is 0 Å². The van der Waals surface area contributed by atoms with Gasteiger partial charge >= 0.3 is 0 Å². The van der Waals surface area contributed by atoms with Gasteiger partial charge < -0.3 is 0 Å². The van der Waals surface area contributed by atoms with Crippen molar-refractivity contribution in [3.05, 3.63) is 81.4 Å². The Bertz CT molecular complexity index is 949. The number of hydrogen-bond acceptors (Lipinski definition) is 3. The fourth-order valence-corrected chi connectivity index (χ4v) is 2.66. The molecule has 0 radical (unpaired) electrons. The number of hydrazone groups is 1. The van der Waals surface area contributed by atoms with Gasteiger partial charge in [0.05, 0.1) is 11.9 Å². The van der Waals surface area contributed by atoms with E-state index in [9.17, 15) is 4.79 Å². The first-order valence-corrected chi connectivity index (χ1v) is 8.86. The topological polar surface area (TPSA) is 70.1 Å². The molecule has 0 aliphatic heterocycles. The summed E-state index contributed by atoms with van der Waals surface area (Å²) in [5, 5.41) is 11.4. The molecule has 26 heavy (non-hydrogen) atoms. The molecular formula is C19H14BrClN4O. The molecule has 130 valence electrons. The number of nitrogens with zero attached hydrogens (tertiary/aromatic N) is 2. The molecule has 3 aromatic rings. The number of benzene rings is 2. The predicted octanol–water partition coefficient (Wildman–Crippen LogP) is 4.88. The Kier molecular flexibility index (Phi) is 5.99. The van der Waals surface area contributed by atoms with Gasteiger partial charge in [0.1, 0.15) is 5.69 Å². The summed E-state index contributed by atoms with van der Waals surface area (Å²) in [7, 11) is 0. The Hall–Kier alpha value is -2.70. The fourth-order valence-electron chi connectivity index (χ4n) is 2.17. The first-order valence-electron chi connectivity index (χ1n) is 7.69. The van der Waals surface area contributed by atoms with Crippen molar-refractivity contribution in [1.82, 2.24) is 15.6 Å². The van der Waals surface area contributed by atoms with E-state index in [0.29, 0.717) is 16.4 Å². The molecule has 7 heteroatoms. The van der Waals surface area contributed by atoms with E-state index in [4.69, 9.17) is 11.6 Å². The molecule has 1 heterocycles. The minimum Gasteiger partial charge on any atom is -0.272 e. The van der Waals surface area contributed by atoms with Crippen LogP contribution in [0.25, 0.3) is 17.3 Å². The van der Waals surface area contributed by atoms with E-state index in [0.717, 1.165) is 15.6 Å². The van der Waals surface area contributed by atoms with Gasteiger partial charge in [-0.2, -0.15) is 10.2 Å². The molecule has 0 unspecified atom stereocenters. The minimum atomic E-state index is -0.381. The van der Waals surface area contributed by atoms with Gasteiger partial charge in [-0.1, -0.05) is 54.1 Å². The van der Waals surface area contributed by atoms with Crippen molar-refractivity contribution in [1.29, 1.82) is 0 Å². The number of nitrogens with one attached hydrogen (secondary N) is 2. The Labute approximate surface area is 163 Å². The number of aromatic amines is 1. The van der Waals surface area contributed by atoms with Crippen LogP contribution < -0.4 is 5.43 Å². The number of carbonyl (C=O) groups is 1. The summed E-state index contributed by atoms with van der Waals surface area (Å²) >= 11 is 9.26. The molecule has 0 bridgehead atoms. The minimum absolute atomic E-state index is 0.315. The van der Waals surface area contributed by atoms with Gasteiger partial charge in [-0.3, -0.25) is 9.89 Å². The average molecular weight is 430 g/mol. The number of rotatable bonds is 5. The summed E-state index contributed by atoms with van der Waals surface area (Å²) in [5.41, 5.74) is 5.31. The van der Waals surface area contributed by atoms with E-state index in [1.165, 1.54) is 6.21 Å². The maximum Gasteiger partial charge on any atom is 0.289 e. The van der Waals surface area contributed by atoms with Crippen molar-refractivity contribution in [3.8, 4) is 11.3 Å². The third-order valence-corrected chi connectivity index (χ3v) is 4.11. The smallest absolute Gasteiger partial charge is 0.272 e. The zero-order valence-electron chi connectivity index (χ0n) is 13.5. The highest BCUT2D eigenvalue weighted by Gasteiger charge is 2.10. The van der Waals surface area contributed by atoms with Crippen LogP contribution in [-0.4, -0.2) is 22.3 Å². The van der Waals surface area contributed by atoms with Crippen molar-refractivity contribution in [2.24, 2.45) is 5.10 Å². The van der Waals surface area contributed by atoms with Crippen LogP contribution in [0.4, 0.5) is 0 Å². The molecule has 0 spiro atoms. The number of allylic oxidation sites excluding steroid dienone is 1. The molecule has 3 rings (SSSR count). The average Bonchev–Trinajstić information content (AvgIpc) is 3.13. The second kappa shape index (κ2) is 8.60. The van der Waals surface area contributed by atoms with Crippen molar-refractivity contribution >= 4 is 45.7 Å². The molecule has 1 aromatic heterocycles. The van der Waals surface area contributed by atoms with E-state index in [-0.39, 0.29) is 5.91 Å². The van der Waals surface area contributed by atoms with Gasteiger partial charge in [0, 0.05) is 15.1 Å². The molecule has 0 saturated heterocycles. The Balaban J connectivity index is 1.62. The third-order valence-electron chi connectivity index (χ3n) is 3.42. The van der Waals surface area contributed by atoms with Crippen molar-refractivity contribution in [2.75, 3.05) is 0 Å². The van der Waals surface area contributed by atoms with Crippen LogP contribution in [0, 0.1) is 0 Å². The summed E-state index contributed by atoms with van der Waals surface area (Å²) in [5.74, 6) is -0.381. The first kappa shape index (κ1) is 18.1. The molecule has 1 amide bonds. The van der Waals surface area contributed by atoms with Gasteiger partial charge in [0.15, 0.2) is 0 Å². The largest absolute Gasteiger partial charge is 0.289 e. The van der Waals surface area contributed by atoms with Crippen LogP contribution in [-0.2, 0) is 0 Å². The maximum atomic E-state index is 12.1. The normalized spacial score (nSPS) is 11.7. The monoisotopic (exact) mass is 428 g/mol.